The monoisotopic (exact) mass is 183 g/mol. The van der Waals surface area contributed by atoms with Gasteiger partial charge in [0.1, 0.15) is 0 Å². The van der Waals surface area contributed by atoms with Crippen molar-refractivity contribution < 1.29 is 0 Å². The molecule has 1 aliphatic carbocycles. The minimum atomic E-state index is -0.172. The highest BCUT2D eigenvalue weighted by atomic mass is 32.1. The van der Waals surface area contributed by atoms with Gasteiger partial charge >= 0.3 is 0 Å². The van der Waals surface area contributed by atoms with Gasteiger partial charge in [0.15, 0.2) is 5.13 Å². The molecule has 1 saturated carbocycles. The highest BCUT2D eigenvalue weighted by Crippen LogP contribution is 2.36. The first-order chi connectivity index (χ1) is 5.71. The van der Waals surface area contributed by atoms with Crippen molar-refractivity contribution in [3.05, 3.63) is 11.1 Å². The smallest absolute Gasteiger partial charge is 0.180 e. The third kappa shape index (κ3) is 1.21. The van der Waals surface area contributed by atoms with Gasteiger partial charge < -0.3 is 11.5 Å². The topological polar surface area (TPSA) is 64.9 Å². The molecule has 3 nitrogen and oxygen atoms in total. The molecule has 1 fully saturated rings. The van der Waals surface area contributed by atoms with Crippen LogP contribution in [0.1, 0.15) is 31.4 Å². The van der Waals surface area contributed by atoms with E-state index in [-0.39, 0.29) is 5.54 Å². The molecule has 12 heavy (non-hydrogen) atoms. The van der Waals surface area contributed by atoms with E-state index >= 15 is 0 Å². The van der Waals surface area contributed by atoms with Crippen LogP contribution < -0.4 is 11.5 Å². The number of hydrogen-bond acceptors (Lipinski definition) is 4. The first-order valence-corrected chi connectivity index (χ1v) is 5.09. The number of rotatable bonds is 1. The number of thiazole rings is 1. The Kier molecular flexibility index (Phi) is 1.81. The molecule has 2 rings (SSSR count). The van der Waals surface area contributed by atoms with Crippen molar-refractivity contribution in [3.8, 4) is 0 Å². The van der Waals surface area contributed by atoms with Crippen LogP contribution in [0.25, 0.3) is 0 Å². The minimum absolute atomic E-state index is 0.172. The van der Waals surface area contributed by atoms with Gasteiger partial charge in [-0.05, 0) is 12.8 Å². The van der Waals surface area contributed by atoms with Gasteiger partial charge in [0.2, 0.25) is 0 Å². The Balaban J connectivity index is 2.28. The Bertz CT molecular complexity index is 276. The van der Waals surface area contributed by atoms with Gasteiger partial charge in [-0.15, -0.1) is 11.3 Å². The molecular weight excluding hydrogens is 170 g/mol. The molecule has 0 aromatic carbocycles. The molecule has 66 valence electrons. The SMILES string of the molecule is Nc1nc(C2(N)CCCC2)cs1. The average molecular weight is 183 g/mol. The molecule has 1 aromatic heterocycles. The number of aromatic nitrogens is 1. The summed E-state index contributed by atoms with van der Waals surface area (Å²) >= 11 is 1.48. The van der Waals surface area contributed by atoms with Gasteiger partial charge in [-0.25, -0.2) is 4.98 Å². The highest BCUT2D eigenvalue weighted by molar-refractivity contribution is 7.13. The molecule has 0 radical (unpaired) electrons. The summed E-state index contributed by atoms with van der Waals surface area (Å²) in [4.78, 5) is 4.24. The molecule has 1 heterocycles. The standard InChI is InChI=1S/C8H13N3S/c9-7-11-6(5-12-7)8(10)3-1-2-4-8/h5H,1-4,10H2,(H2,9,11). The number of anilines is 1. The molecule has 4 heteroatoms. The Labute approximate surface area is 75.8 Å². The van der Waals surface area contributed by atoms with Crippen LogP contribution in [0.2, 0.25) is 0 Å². The van der Waals surface area contributed by atoms with Crippen molar-refractivity contribution in [2.45, 2.75) is 31.2 Å². The second-order valence-corrected chi connectivity index (χ2v) is 4.32. The Morgan fingerprint density at radius 2 is 2.08 bits per heavy atom. The van der Waals surface area contributed by atoms with Crippen LogP contribution >= 0.6 is 11.3 Å². The maximum atomic E-state index is 6.18. The van der Waals surface area contributed by atoms with Crippen molar-refractivity contribution in [3.63, 3.8) is 0 Å². The molecule has 0 amide bonds. The summed E-state index contributed by atoms with van der Waals surface area (Å²) < 4.78 is 0. The van der Waals surface area contributed by atoms with Crippen molar-refractivity contribution in [2.75, 3.05) is 5.73 Å². The van der Waals surface area contributed by atoms with E-state index in [1.807, 2.05) is 5.38 Å². The molecule has 0 bridgehead atoms. The fourth-order valence-corrected chi connectivity index (χ4v) is 2.45. The second kappa shape index (κ2) is 2.71. The average Bonchev–Trinajstić information content (AvgIpc) is 2.59. The molecular formula is C8H13N3S. The molecule has 0 aliphatic heterocycles. The number of nitrogen functional groups attached to an aromatic ring is 1. The van der Waals surface area contributed by atoms with E-state index in [2.05, 4.69) is 4.98 Å². The van der Waals surface area contributed by atoms with E-state index in [0.717, 1.165) is 18.5 Å². The number of nitrogens with zero attached hydrogens (tertiary/aromatic N) is 1. The van der Waals surface area contributed by atoms with Crippen molar-refractivity contribution in [2.24, 2.45) is 5.73 Å². The molecule has 1 aliphatic rings. The largest absolute Gasteiger partial charge is 0.375 e. The third-order valence-corrected chi connectivity index (χ3v) is 3.20. The van der Waals surface area contributed by atoms with Crippen LogP contribution in [0.3, 0.4) is 0 Å². The van der Waals surface area contributed by atoms with Crippen molar-refractivity contribution >= 4 is 16.5 Å². The lowest BCUT2D eigenvalue weighted by Gasteiger charge is -2.20. The number of nitrogens with two attached hydrogens (primary N) is 2. The summed E-state index contributed by atoms with van der Waals surface area (Å²) in [6.45, 7) is 0. The maximum Gasteiger partial charge on any atom is 0.180 e. The Morgan fingerprint density at radius 1 is 1.42 bits per heavy atom. The fourth-order valence-electron chi connectivity index (χ4n) is 1.78. The summed E-state index contributed by atoms with van der Waals surface area (Å²) in [5.41, 5.74) is 12.6. The minimum Gasteiger partial charge on any atom is -0.375 e. The van der Waals surface area contributed by atoms with E-state index < -0.39 is 0 Å². The van der Waals surface area contributed by atoms with Crippen LogP contribution in [0.15, 0.2) is 5.38 Å². The van der Waals surface area contributed by atoms with Crippen LogP contribution in [0, 0.1) is 0 Å². The lowest BCUT2D eigenvalue weighted by Crippen LogP contribution is -2.33. The fraction of sp³-hybridized carbons (Fsp3) is 0.625. The first-order valence-electron chi connectivity index (χ1n) is 4.21. The summed E-state index contributed by atoms with van der Waals surface area (Å²) in [7, 11) is 0. The predicted molar refractivity (Wildman–Crippen MR) is 50.9 cm³/mol. The summed E-state index contributed by atoms with van der Waals surface area (Å²) in [6, 6.07) is 0. The molecule has 0 saturated heterocycles. The zero-order chi connectivity index (χ0) is 8.60. The molecule has 0 spiro atoms. The summed E-state index contributed by atoms with van der Waals surface area (Å²) in [5.74, 6) is 0. The zero-order valence-electron chi connectivity index (χ0n) is 6.92. The van der Waals surface area contributed by atoms with Gasteiger partial charge in [0.05, 0.1) is 11.2 Å². The normalized spacial score (nSPS) is 21.4. The predicted octanol–water partition coefficient (Wildman–Crippen LogP) is 1.45. The summed E-state index contributed by atoms with van der Waals surface area (Å²) in [6.07, 6.45) is 4.54. The van der Waals surface area contributed by atoms with Gasteiger partial charge in [-0.3, -0.25) is 0 Å². The van der Waals surface area contributed by atoms with E-state index in [0.29, 0.717) is 5.13 Å². The third-order valence-electron chi connectivity index (χ3n) is 2.53. The summed E-state index contributed by atoms with van der Waals surface area (Å²) in [5, 5.41) is 2.61. The van der Waals surface area contributed by atoms with E-state index in [4.69, 9.17) is 11.5 Å². The van der Waals surface area contributed by atoms with E-state index in [9.17, 15) is 0 Å². The van der Waals surface area contributed by atoms with Crippen LogP contribution in [0.5, 0.6) is 0 Å². The lowest BCUT2D eigenvalue weighted by atomic mass is 9.96. The van der Waals surface area contributed by atoms with Crippen LogP contribution in [0.4, 0.5) is 5.13 Å². The zero-order valence-corrected chi connectivity index (χ0v) is 7.73. The van der Waals surface area contributed by atoms with Gasteiger partial charge in [-0.1, -0.05) is 12.8 Å². The van der Waals surface area contributed by atoms with Gasteiger partial charge in [-0.2, -0.15) is 0 Å². The molecule has 0 atom stereocenters. The number of hydrogen-bond donors (Lipinski definition) is 2. The van der Waals surface area contributed by atoms with Crippen molar-refractivity contribution in [1.29, 1.82) is 0 Å². The van der Waals surface area contributed by atoms with Crippen LogP contribution in [-0.4, -0.2) is 4.98 Å². The Hall–Kier alpha value is -0.610. The highest BCUT2D eigenvalue weighted by Gasteiger charge is 2.33. The Morgan fingerprint density at radius 3 is 2.58 bits per heavy atom. The van der Waals surface area contributed by atoms with Gasteiger partial charge in [0, 0.05) is 5.38 Å². The van der Waals surface area contributed by atoms with Gasteiger partial charge in [0.25, 0.3) is 0 Å². The molecule has 0 unspecified atom stereocenters. The quantitative estimate of drug-likeness (QED) is 0.692. The van der Waals surface area contributed by atoms with Crippen LogP contribution in [-0.2, 0) is 5.54 Å². The van der Waals surface area contributed by atoms with E-state index in [1.54, 1.807) is 0 Å². The maximum absolute atomic E-state index is 6.18. The molecule has 4 N–H and O–H groups in total. The second-order valence-electron chi connectivity index (χ2n) is 3.43. The van der Waals surface area contributed by atoms with Crippen molar-refractivity contribution in [1.82, 2.24) is 4.98 Å². The lowest BCUT2D eigenvalue weighted by molar-refractivity contribution is 0.450. The van der Waals surface area contributed by atoms with E-state index in [1.165, 1.54) is 24.2 Å². The first kappa shape index (κ1) is 8.01. The molecule has 1 aromatic rings.